The maximum absolute atomic E-state index is 11.4. The molecular formula is C11H11N3O3. The molecule has 0 aromatic heterocycles. The molecule has 0 aliphatic rings. The van der Waals surface area contributed by atoms with Crippen molar-refractivity contribution in [1.82, 2.24) is 4.90 Å². The molecule has 0 unspecified atom stereocenters. The number of nitrogens with two attached hydrogens (primary N) is 1. The van der Waals surface area contributed by atoms with Gasteiger partial charge in [-0.05, 0) is 24.1 Å². The summed E-state index contributed by atoms with van der Waals surface area (Å²) in [6.45, 7) is 0. The van der Waals surface area contributed by atoms with E-state index < -0.39 is 11.9 Å². The highest BCUT2D eigenvalue weighted by Gasteiger charge is 2.17. The van der Waals surface area contributed by atoms with Gasteiger partial charge in [0.05, 0.1) is 0 Å². The topological polar surface area (TPSA) is 107 Å². The molecule has 17 heavy (non-hydrogen) atoms. The molecule has 6 nitrogen and oxygen atoms in total. The number of primary amides is 1. The van der Waals surface area contributed by atoms with Crippen LogP contribution in [0.25, 0.3) is 0 Å². The lowest BCUT2D eigenvalue weighted by Crippen LogP contribution is -2.36. The standard InChI is InChI=1S/C11H11N3O3/c12-7-14(11(13)17)10(16)6-3-8-1-4-9(15)5-2-8/h1-2,4-5,15H,3,6H2,(H2,13,17). The van der Waals surface area contributed by atoms with E-state index in [4.69, 9.17) is 16.1 Å². The lowest BCUT2D eigenvalue weighted by atomic mass is 10.1. The largest absolute Gasteiger partial charge is 0.508 e. The number of nitriles is 1. The third-order valence-electron chi connectivity index (χ3n) is 2.13. The van der Waals surface area contributed by atoms with Crippen LogP contribution in [0.2, 0.25) is 0 Å². The first-order valence-electron chi connectivity index (χ1n) is 4.84. The van der Waals surface area contributed by atoms with E-state index in [-0.39, 0.29) is 12.2 Å². The van der Waals surface area contributed by atoms with Crippen LogP contribution in [-0.2, 0) is 11.2 Å². The Kier molecular flexibility index (Phi) is 4.06. The Hall–Kier alpha value is -2.55. The molecule has 0 saturated heterocycles. The number of imide groups is 1. The molecule has 1 aromatic carbocycles. The van der Waals surface area contributed by atoms with Gasteiger partial charge in [-0.15, -0.1) is 0 Å². The summed E-state index contributed by atoms with van der Waals surface area (Å²) in [4.78, 5) is 22.4. The molecule has 0 radical (unpaired) electrons. The molecular weight excluding hydrogens is 222 g/mol. The minimum Gasteiger partial charge on any atom is -0.508 e. The summed E-state index contributed by atoms with van der Waals surface area (Å²) in [7, 11) is 0. The summed E-state index contributed by atoms with van der Waals surface area (Å²) in [6.07, 6.45) is 1.78. The van der Waals surface area contributed by atoms with Crippen molar-refractivity contribution in [3.05, 3.63) is 29.8 Å². The average Bonchev–Trinajstić information content (AvgIpc) is 2.28. The van der Waals surface area contributed by atoms with Gasteiger partial charge in [0.25, 0.3) is 0 Å². The Morgan fingerprint density at radius 2 is 1.94 bits per heavy atom. The van der Waals surface area contributed by atoms with Crippen LogP contribution in [0.4, 0.5) is 4.79 Å². The molecule has 0 heterocycles. The predicted octanol–water partition coefficient (Wildman–Crippen LogP) is 0.713. The van der Waals surface area contributed by atoms with Gasteiger partial charge in [-0.2, -0.15) is 10.2 Å². The summed E-state index contributed by atoms with van der Waals surface area (Å²) in [6, 6.07) is 5.22. The molecule has 1 aromatic rings. The first-order chi connectivity index (χ1) is 8.04. The number of hydrogen-bond acceptors (Lipinski definition) is 4. The molecule has 0 spiro atoms. The molecule has 3 N–H and O–H groups in total. The Labute approximate surface area is 97.9 Å². The molecule has 0 aliphatic heterocycles. The normalized spacial score (nSPS) is 9.35. The number of carbonyl (C=O) groups excluding carboxylic acids is 2. The summed E-state index contributed by atoms with van der Waals surface area (Å²) in [5.74, 6) is -0.510. The van der Waals surface area contributed by atoms with Crippen LogP contribution in [0.1, 0.15) is 12.0 Å². The molecule has 6 heteroatoms. The van der Waals surface area contributed by atoms with E-state index in [1.807, 2.05) is 0 Å². The monoisotopic (exact) mass is 233 g/mol. The van der Waals surface area contributed by atoms with Crippen molar-refractivity contribution < 1.29 is 14.7 Å². The van der Waals surface area contributed by atoms with Gasteiger partial charge in [0.2, 0.25) is 5.91 Å². The molecule has 0 fully saturated rings. The number of nitrogens with zero attached hydrogens (tertiary/aromatic N) is 2. The smallest absolute Gasteiger partial charge is 0.335 e. The van der Waals surface area contributed by atoms with Crippen LogP contribution in [0.3, 0.4) is 0 Å². The molecule has 0 saturated carbocycles. The van der Waals surface area contributed by atoms with Crippen LogP contribution in [0.5, 0.6) is 5.75 Å². The maximum atomic E-state index is 11.4. The second-order valence-electron chi connectivity index (χ2n) is 3.33. The van der Waals surface area contributed by atoms with E-state index in [2.05, 4.69) is 0 Å². The van der Waals surface area contributed by atoms with Crippen molar-refractivity contribution in [3.8, 4) is 11.9 Å². The van der Waals surface area contributed by atoms with E-state index >= 15 is 0 Å². The van der Waals surface area contributed by atoms with Gasteiger partial charge in [-0.1, -0.05) is 12.1 Å². The van der Waals surface area contributed by atoms with Crippen molar-refractivity contribution in [1.29, 1.82) is 5.26 Å². The molecule has 1 rings (SSSR count). The fraction of sp³-hybridized carbons (Fsp3) is 0.182. The zero-order valence-electron chi connectivity index (χ0n) is 8.96. The Bertz CT molecular complexity index is 462. The number of aromatic hydroxyl groups is 1. The van der Waals surface area contributed by atoms with Gasteiger partial charge in [0.1, 0.15) is 5.75 Å². The number of phenolic OH excluding ortho intramolecular Hbond substituents is 1. The fourth-order valence-electron chi connectivity index (χ4n) is 1.25. The predicted molar refractivity (Wildman–Crippen MR) is 58.5 cm³/mol. The SMILES string of the molecule is N#CN(C(N)=O)C(=O)CCc1ccc(O)cc1. The minimum atomic E-state index is -1.08. The van der Waals surface area contributed by atoms with Gasteiger partial charge in [-0.25, -0.2) is 4.79 Å². The van der Waals surface area contributed by atoms with Crippen molar-refractivity contribution in [2.45, 2.75) is 12.8 Å². The van der Waals surface area contributed by atoms with Crippen LogP contribution >= 0.6 is 0 Å². The second-order valence-corrected chi connectivity index (χ2v) is 3.33. The van der Waals surface area contributed by atoms with Crippen LogP contribution < -0.4 is 5.73 Å². The number of phenols is 1. The Morgan fingerprint density at radius 3 is 2.41 bits per heavy atom. The third-order valence-corrected chi connectivity index (χ3v) is 2.13. The lowest BCUT2D eigenvalue weighted by Gasteiger charge is -2.08. The van der Waals surface area contributed by atoms with Gasteiger partial charge in [0, 0.05) is 6.42 Å². The third kappa shape index (κ3) is 3.50. The van der Waals surface area contributed by atoms with Gasteiger partial charge < -0.3 is 10.8 Å². The number of benzene rings is 1. The lowest BCUT2D eigenvalue weighted by molar-refractivity contribution is -0.125. The molecule has 88 valence electrons. The molecule has 3 amide bonds. The second kappa shape index (κ2) is 5.51. The van der Waals surface area contributed by atoms with Crippen molar-refractivity contribution in [2.75, 3.05) is 0 Å². The highest BCUT2D eigenvalue weighted by Crippen LogP contribution is 2.11. The van der Waals surface area contributed by atoms with Crippen LogP contribution in [0.15, 0.2) is 24.3 Å². The number of aryl methyl sites for hydroxylation is 1. The highest BCUT2D eigenvalue weighted by molar-refractivity contribution is 5.95. The van der Waals surface area contributed by atoms with Gasteiger partial charge in [0.15, 0.2) is 6.19 Å². The van der Waals surface area contributed by atoms with E-state index in [9.17, 15) is 9.59 Å². The zero-order valence-corrected chi connectivity index (χ0v) is 8.96. The van der Waals surface area contributed by atoms with Crippen molar-refractivity contribution in [3.63, 3.8) is 0 Å². The van der Waals surface area contributed by atoms with Gasteiger partial charge in [-0.3, -0.25) is 4.79 Å². The quantitative estimate of drug-likeness (QED) is 0.592. The summed E-state index contributed by atoms with van der Waals surface area (Å²) in [5.41, 5.74) is 5.67. The number of carbonyl (C=O) groups is 2. The molecule has 0 bridgehead atoms. The first-order valence-corrected chi connectivity index (χ1v) is 4.84. The number of amides is 3. The summed E-state index contributed by atoms with van der Waals surface area (Å²) in [5, 5.41) is 17.6. The van der Waals surface area contributed by atoms with E-state index in [0.29, 0.717) is 11.3 Å². The first kappa shape index (κ1) is 12.5. The van der Waals surface area contributed by atoms with Crippen LogP contribution in [0, 0.1) is 11.5 Å². The average molecular weight is 233 g/mol. The zero-order chi connectivity index (χ0) is 12.8. The van der Waals surface area contributed by atoms with E-state index in [1.54, 1.807) is 12.1 Å². The summed E-state index contributed by atoms with van der Waals surface area (Å²) < 4.78 is 0. The van der Waals surface area contributed by atoms with Crippen molar-refractivity contribution in [2.24, 2.45) is 5.73 Å². The Balaban J connectivity index is 2.57. The highest BCUT2D eigenvalue weighted by atomic mass is 16.3. The number of urea groups is 1. The maximum Gasteiger partial charge on any atom is 0.335 e. The van der Waals surface area contributed by atoms with E-state index in [1.165, 1.54) is 18.3 Å². The number of rotatable bonds is 3. The molecule has 0 atom stereocenters. The molecule has 0 aliphatic carbocycles. The van der Waals surface area contributed by atoms with E-state index in [0.717, 1.165) is 5.56 Å². The number of hydrogen-bond donors (Lipinski definition) is 2. The van der Waals surface area contributed by atoms with Gasteiger partial charge >= 0.3 is 6.03 Å². The minimum absolute atomic E-state index is 0.00127. The van der Waals surface area contributed by atoms with Crippen molar-refractivity contribution >= 4 is 11.9 Å². The Morgan fingerprint density at radius 1 is 1.35 bits per heavy atom. The summed E-state index contributed by atoms with van der Waals surface area (Å²) >= 11 is 0. The fourth-order valence-corrected chi connectivity index (χ4v) is 1.25. The van der Waals surface area contributed by atoms with Crippen LogP contribution in [-0.4, -0.2) is 21.9 Å².